The van der Waals surface area contributed by atoms with Gasteiger partial charge in [-0.3, -0.25) is 4.79 Å². The van der Waals surface area contributed by atoms with Crippen molar-refractivity contribution in [3.05, 3.63) is 47.7 Å². The molecule has 1 N–H and O–H groups in total. The molecule has 0 atom stereocenters. The van der Waals surface area contributed by atoms with Crippen LogP contribution in [0, 0.1) is 0 Å². The SMILES string of the molecule is CN(C)C(=O)c1ccc(CNc2nccc(N(C)C)n2)cc1. The molecule has 0 aliphatic rings. The molecule has 0 unspecified atom stereocenters. The van der Waals surface area contributed by atoms with Crippen LogP contribution in [0.3, 0.4) is 0 Å². The van der Waals surface area contributed by atoms with Gasteiger partial charge in [-0.1, -0.05) is 12.1 Å². The van der Waals surface area contributed by atoms with Crippen LogP contribution in [0.2, 0.25) is 0 Å². The molecule has 1 aromatic heterocycles. The highest BCUT2D eigenvalue weighted by atomic mass is 16.2. The summed E-state index contributed by atoms with van der Waals surface area (Å²) < 4.78 is 0. The fourth-order valence-corrected chi connectivity index (χ4v) is 1.89. The van der Waals surface area contributed by atoms with Gasteiger partial charge in [-0.25, -0.2) is 4.98 Å². The van der Waals surface area contributed by atoms with Crippen LogP contribution >= 0.6 is 0 Å². The molecule has 0 saturated heterocycles. The molecule has 0 bridgehead atoms. The quantitative estimate of drug-likeness (QED) is 0.913. The van der Waals surface area contributed by atoms with Gasteiger partial charge >= 0.3 is 0 Å². The highest BCUT2D eigenvalue weighted by molar-refractivity contribution is 5.93. The minimum atomic E-state index is 0.00141. The van der Waals surface area contributed by atoms with Crippen LogP contribution in [-0.4, -0.2) is 49.0 Å². The van der Waals surface area contributed by atoms with Crippen molar-refractivity contribution >= 4 is 17.7 Å². The number of benzene rings is 1. The van der Waals surface area contributed by atoms with Crippen LogP contribution in [0.25, 0.3) is 0 Å². The molecule has 1 amide bonds. The Morgan fingerprint density at radius 2 is 1.77 bits per heavy atom. The Hall–Kier alpha value is -2.63. The lowest BCUT2D eigenvalue weighted by Crippen LogP contribution is -2.21. The first-order chi connectivity index (χ1) is 10.5. The number of carbonyl (C=O) groups excluding carboxylic acids is 1. The maximum atomic E-state index is 11.8. The Labute approximate surface area is 130 Å². The molecule has 1 heterocycles. The van der Waals surface area contributed by atoms with E-state index in [0.29, 0.717) is 18.1 Å². The van der Waals surface area contributed by atoms with Gasteiger partial charge in [0, 0.05) is 46.5 Å². The Kier molecular flexibility index (Phi) is 4.93. The molecule has 0 aliphatic carbocycles. The molecular formula is C16H21N5O. The predicted octanol–water partition coefficient (Wildman–Crippen LogP) is 1.86. The summed E-state index contributed by atoms with van der Waals surface area (Å²) in [4.78, 5) is 23.9. The molecule has 2 aromatic rings. The lowest BCUT2D eigenvalue weighted by molar-refractivity contribution is 0.0827. The van der Waals surface area contributed by atoms with E-state index in [1.165, 1.54) is 0 Å². The summed E-state index contributed by atoms with van der Waals surface area (Å²) >= 11 is 0. The van der Waals surface area contributed by atoms with Gasteiger partial charge in [0.1, 0.15) is 5.82 Å². The van der Waals surface area contributed by atoms with Crippen molar-refractivity contribution in [3.8, 4) is 0 Å². The number of hydrogen-bond donors (Lipinski definition) is 1. The Bertz CT molecular complexity index is 637. The lowest BCUT2D eigenvalue weighted by Gasteiger charge is -2.13. The molecule has 0 spiro atoms. The molecule has 0 aliphatic heterocycles. The van der Waals surface area contributed by atoms with Gasteiger partial charge in [0.2, 0.25) is 5.95 Å². The second-order valence-corrected chi connectivity index (χ2v) is 5.38. The number of aromatic nitrogens is 2. The summed E-state index contributed by atoms with van der Waals surface area (Å²) in [5.41, 5.74) is 1.74. The molecule has 0 saturated carbocycles. The zero-order chi connectivity index (χ0) is 16.1. The third-order valence-corrected chi connectivity index (χ3v) is 3.16. The van der Waals surface area contributed by atoms with Gasteiger partial charge in [-0.2, -0.15) is 4.98 Å². The average Bonchev–Trinajstić information content (AvgIpc) is 2.53. The standard InChI is InChI=1S/C16H21N5O/c1-20(2)14-9-10-17-16(19-14)18-11-12-5-7-13(8-6-12)15(22)21(3)4/h5-10H,11H2,1-4H3,(H,17,18,19). The first kappa shape index (κ1) is 15.8. The van der Waals surface area contributed by atoms with Gasteiger partial charge in [-0.05, 0) is 23.8 Å². The molecule has 1 aromatic carbocycles. The van der Waals surface area contributed by atoms with Crippen molar-refractivity contribution in [2.24, 2.45) is 0 Å². The highest BCUT2D eigenvalue weighted by Crippen LogP contribution is 2.11. The molecule has 6 heteroatoms. The number of nitrogens with one attached hydrogen (secondary N) is 1. The zero-order valence-corrected chi connectivity index (χ0v) is 13.4. The van der Waals surface area contributed by atoms with E-state index < -0.39 is 0 Å². The first-order valence-electron chi connectivity index (χ1n) is 7.02. The van der Waals surface area contributed by atoms with Crippen molar-refractivity contribution in [2.45, 2.75) is 6.54 Å². The van der Waals surface area contributed by atoms with Crippen LogP contribution in [0.15, 0.2) is 36.5 Å². The fourth-order valence-electron chi connectivity index (χ4n) is 1.89. The van der Waals surface area contributed by atoms with E-state index in [4.69, 9.17) is 0 Å². The molecule has 2 rings (SSSR count). The predicted molar refractivity (Wildman–Crippen MR) is 88.1 cm³/mol. The summed E-state index contributed by atoms with van der Waals surface area (Å²) in [6.45, 7) is 0.604. The number of anilines is 2. The van der Waals surface area contributed by atoms with E-state index in [1.807, 2.05) is 49.3 Å². The number of nitrogens with zero attached hydrogens (tertiary/aromatic N) is 4. The van der Waals surface area contributed by atoms with Gasteiger partial charge in [0.25, 0.3) is 5.91 Å². The summed E-state index contributed by atoms with van der Waals surface area (Å²) in [5.74, 6) is 1.44. The Balaban J connectivity index is 2.00. The van der Waals surface area contributed by atoms with Gasteiger partial charge in [-0.15, -0.1) is 0 Å². The summed E-state index contributed by atoms with van der Waals surface area (Å²) in [6, 6.07) is 9.37. The molecule has 6 nitrogen and oxygen atoms in total. The second-order valence-electron chi connectivity index (χ2n) is 5.38. The second kappa shape index (κ2) is 6.89. The average molecular weight is 299 g/mol. The molecule has 22 heavy (non-hydrogen) atoms. The van der Waals surface area contributed by atoms with Crippen molar-refractivity contribution in [2.75, 3.05) is 38.4 Å². The largest absolute Gasteiger partial charge is 0.363 e. The summed E-state index contributed by atoms with van der Waals surface area (Å²) in [5, 5.41) is 3.18. The topological polar surface area (TPSA) is 61.4 Å². The van der Waals surface area contributed by atoms with Gasteiger partial charge in [0.05, 0.1) is 0 Å². The molecule has 116 valence electrons. The van der Waals surface area contributed by atoms with E-state index in [-0.39, 0.29) is 5.91 Å². The minimum Gasteiger partial charge on any atom is -0.363 e. The van der Waals surface area contributed by atoms with Crippen molar-refractivity contribution in [3.63, 3.8) is 0 Å². The highest BCUT2D eigenvalue weighted by Gasteiger charge is 2.07. The molecule has 0 radical (unpaired) electrons. The maximum Gasteiger partial charge on any atom is 0.253 e. The minimum absolute atomic E-state index is 0.00141. The number of amides is 1. The third kappa shape index (κ3) is 3.94. The maximum absolute atomic E-state index is 11.8. The summed E-state index contributed by atoms with van der Waals surface area (Å²) in [7, 11) is 7.36. The number of carbonyl (C=O) groups is 1. The van der Waals surface area contributed by atoms with Crippen molar-refractivity contribution in [1.29, 1.82) is 0 Å². The smallest absolute Gasteiger partial charge is 0.253 e. The normalized spacial score (nSPS) is 10.2. The van der Waals surface area contributed by atoms with E-state index >= 15 is 0 Å². The van der Waals surface area contributed by atoms with Gasteiger partial charge in [0.15, 0.2) is 0 Å². The Morgan fingerprint density at radius 1 is 1.09 bits per heavy atom. The Morgan fingerprint density at radius 3 is 2.36 bits per heavy atom. The van der Waals surface area contributed by atoms with E-state index in [9.17, 15) is 4.79 Å². The van der Waals surface area contributed by atoms with Crippen LogP contribution in [0.5, 0.6) is 0 Å². The monoisotopic (exact) mass is 299 g/mol. The van der Waals surface area contributed by atoms with E-state index in [2.05, 4.69) is 15.3 Å². The van der Waals surface area contributed by atoms with Crippen LogP contribution in [-0.2, 0) is 6.54 Å². The lowest BCUT2D eigenvalue weighted by atomic mass is 10.1. The van der Waals surface area contributed by atoms with Gasteiger partial charge < -0.3 is 15.1 Å². The van der Waals surface area contributed by atoms with Crippen LogP contribution in [0.4, 0.5) is 11.8 Å². The molecular weight excluding hydrogens is 278 g/mol. The van der Waals surface area contributed by atoms with Crippen molar-refractivity contribution in [1.82, 2.24) is 14.9 Å². The number of rotatable bonds is 5. The zero-order valence-electron chi connectivity index (χ0n) is 13.4. The van der Waals surface area contributed by atoms with Crippen molar-refractivity contribution < 1.29 is 4.79 Å². The molecule has 0 fully saturated rings. The van der Waals surface area contributed by atoms with E-state index in [0.717, 1.165) is 11.4 Å². The third-order valence-electron chi connectivity index (χ3n) is 3.16. The first-order valence-corrected chi connectivity index (χ1v) is 7.02. The summed E-state index contributed by atoms with van der Waals surface area (Å²) in [6.07, 6.45) is 1.73. The fraction of sp³-hybridized carbons (Fsp3) is 0.312. The van der Waals surface area contributed by atoms with Crippen LogP contribution < -0.4 is 10.2 Å². The van der Waals surface area contributed by atoms with Crippen LogP contribution in [0.1, 0.15) is 15.9 Å². The van der Waals surface area contributed by atoms with E-state index in [1.54, 1.807) is 25.2 Å². The number of hydrogen-bond acceptors (Lipinski definition) is 5.